The number of hydrogen-bond donors (Lipinski definition) is 1. The van der Waals surface area contributed by atoms with E-state index in [1.807, 2.05) is 0 Å². The Morgan fingerprint density at radius 1 is 1.37 bits per heavy atom. The van der Waals surface area contributed by atoms with Crippen LogP contribution >= 0.6 is 0 Å². The first-order valence-electron chi connectivity index (χ1n) is 7.50. The fraction of sp³-hybridized carbons (Fsp3) is 0.688. The van der Waals surface area contributed by atoms with Gasteiger partial charge in [0.2, 0.25) is 0 Å². The number of rotatable bonds is 6. The molecule has 1 fully saturated rings. The molecule has 0 aromatic carbocycles. The molecule has 0 spiro atoms. The van der Waals surface area contributed by atoms with Gasteiger partial charge in [-0.05, 0) is 45.2 Å². The van der Waals surface area contributed by atoms with Crippen molar-refractivity contribution in [1.29, 1.82) is 0 Å². The third-order valence-corrected chi connectivity index (χ3v) is 3.74. The third-order valence-electron chi connectivity index (χ3n) is 3.74. The van der Waals surface area contributed by atoms with Gasteiger partial charge in [-0.3, -0.25) is 0 Å². The maximum atomic E-state index is 4.83. The highest BCUT2D eigenvalue weighted by molar-refractivity contribution is 5.53. The van der Waals surface area contributed by atoms with Gasteiger partial charge in [0.05, 0.1) is 0 Å². The summed E-state index contributed by atoms with van der Waals surface area (Å²) in [5, 5.41) is 3.53. The Balaban J connectivity index is 2.32. The molecule has 3 heteroatoms. The van der Waals surface area contributed by atoms with Gasteiger partial charge < -0.3 is 10.2 Å². The lowest BCUT2D eigenvalue weighted by molar-refractivity contribution is 0.584. The van der Waals surface area contributed by atoms with E-state index in [0.717, 1.165) is 24.8 Å². The third kappa shape index (κ3) is 3.47. The predicted octanol–water partition coefficient (Wildman–Crippen LogP) is 3.19. The summed E-state index contributed by atoms with van der Waals surface area (Å²) in [6.07, 6.45) is 2.64. The highest BCUT2D eigenvalue weighted by Gasteiger charge is 2.30. The Kier molecular flexibility index (Phi) is 4.46. The van der Waals surface area contributed by atoms with Crippen LogP contribution in [0.2, 0.25) is 0 Å². The molecular formula is C16H27N3. The maximum Gasteiger partial charge on any atom is 0.133 e. The van der Waals surface area contributed by atoms with E-state index in [0.29, 0.717) is 6.04 Å². The highest BCUT2D eigenvalue weighted by Crippen LogP contribution is 2.33. The van der Waals surface area contributed by atoms with Crippen LogP contribution in [0.15, 0.2) is 6.07 Å². The van der Waals surface area contributed by atoms with E-state index >= 15 is 0 Å². The van der Waals surface area contributed by atoms with Crippen molar-refractivity contribution in [3.8, 4) is 0 Å². The minimum Gasteiger partial charge on any atom is -0.354 e. The molecule has 0 atom stereocenters. The van der Waals surface area contributed by atoms with Crippen LogP contribution < -0.4 is 10.2 Å². The van der Waals surface area contributed by atoms with Crippen molar-refractivity contribution in [2.75, 3.05) is 11.4 Å². The smallest absolute Gasteiger partial charge is 0.133 e. The van der Waals surface area contributed by atoms with Crippen LogP contribution in [0.3, 0.4) is 0 Å². The topological polar surface area (TPSA) is 28.2 Å². The Hall–Kier alpha value is -1.09. The van der Waals surface area contributed by atoms with Crippen molar-refractivity contribution in [3.63, 3.8) is 0 Å². The van der Waals surface area contributed by atoms with Crippen LogP contribution in [-0.2, 0) is 6.54 Å². The van der Waals surface area contributed by atoms with Gasteiger partial charge in [0.25, 0.3) is 0 Å². The molecule has 0 aliphatic heterocycles. The summed E-state index contributed by atoms with van der Waals surface area (Å²) in [5.41, 5.74) is 3.85. The lowest BCUT2D eigenvalue weighted by atomic mass is 10.1. The minimum atomic E-state index is 0.504. The molecule has 0 radical (unpaired) electrons. The van der Waals surface area contributed by atoms with Gasteiger partial charge in [-0.2, -0.15) is 0 Å². The van der Waals surface area contributed by atoms with Crippen molar-refractivity contribution >= 4 is 5.82 Å². The number of nitrogens with one attached hydrogen (secondary N) is 1. The highest BCUT2D eigenvalue weighted by atomic mass is 15.2. The summed E-state index contributed by atoms with van der Waals surface area (Å²) in [5.74, 6) is 1.20. The molecule has 1 N–H and O–H groups in total. The molecule has 19 heavy (non-hydrogen) atoms. The predicted molar refractivity (Wildman–Crippen MR) is 81.7 cm³/mol. The van der Waals surface area contributed by atoms with Crippen molar-refractivity contribution in [1.82, 2.24) is 10.3 Å². The number of nitrogens with zero attached hydrogens (tertiary/aromatic N) is 2. The van der Waals surface area contributed by atoms with Gasteiger partial charge in [-0.25, -0.2) is 4.98 Å². The number of pyridine rings is 1. The first-order valence-corrected chi connectivity index (χ1v) is 7.50. The van der Waals surface area contributed by atoms with Crippen LogP contribution in [0.25, 0.3) is 0 Å². The Morgan fingerprint density at radius 2 is 2.05 bits per heavy atom. The van der Waals surface area contributed by atoms with Gasteiger partial charge in [-0.15, -0.1) is 0 Å². The summed E-state index contributed by atoms with van der Waals surface area (Å²) in [7, 11) is 0. The summed E-state index contributed by atoms with van der Waals surface area (Å²) in [6.45, 7) is 12.9. The lowest BCUT2D eigenvalue weighted by Crippen LogP contribution is -2.30. The molecule has 1 aromatic heterocycles. The Labute approximate surface area is 117 Å². The minimum absolute atomic E-state index is 0.504. The molecule has 1 aromatic rings. The maximum absolute atomic E-state index is 4.83. The van der Waals surface area contributed by atoms with E-state index in [-0.39, 0.29) is 0 Å². The fourth-order valence-corrected chi connectivity index (χ4v) is 2.57. The van der Waals surface area contributed by atoms with Gasteiger partial charge in [0, 0.05) is 36.4 Å². The molecule has 1 aliphatic carbocycles. The van der Waals surface area contributed by atoms with Crippen LogP contribution in [0.5, 0.6) is 0 Å². The Morgan fingerprint density at radius 3 is 2.58 bits per heavy atom. The molecule has 0 bridgehead atoms. The molecule has 1 heterocycles. The fourth-order valence-electron chi connectivity index (χ4n) is 2.57. The summed E-state index contributed by atoms with van der Waals surface area (Å²) in [6, 6.07) is 3.42. The first kappa shape index (κ1) is 14.3. The molecule has 2 rings (SSSR count). The molecular weight excluding hydrogens is 234 g/mol. The molecule has 0 amide bonds. The summed E-state index contributed by atoms with van der Waals surface area (Å²) in [4.78, 5) is 7.31. The molecule has 106 valence electrons. The number of anilines is 1. The molecule has 3 nitrogen and oxygen atoms in total. The lowest BCUT2D eigenvalue weighted by Gasteiger charge is -2.26. The number of aryl methyl sites for hydroxylation is 2. The second kappa shape index (κ2) is 5.91. The van der Waals surface area contributed by atoms with Crippen LogP contribution in [0, 0.1) is 13.8 Å². The second-order valence-corrected chi connectivity index (χ2v) is 5.94. The largest absolute Gasteiger partial charge is 0.354 e. The monoisotopic (exact) mass is 261 g/mol. The summed E-state index contributed by atoms with van der Waals surface area (Å²) >= 11 is 0. The zero-order chi connectivity index (χ0) is 14.0. The average molecular weight is 261 g/mol. The van der Waals surface area contributed by atoms with E-state index in [2.05, 4.69) is 50.9 Å². The standard InChI is InChI=1S/C16H27N3/c1-6-19(14-7-8-14)16-15(10-17-11(2)3)12(4)9-13(5)18-16/h9,11,14,17H,6-8,10H2,1-5H3. The van der Waals surface area contributed by atoms with Gasteiger partial charge in [0.1, 0.15) is 5.82 Å². The zero-order valence-electron chi connectivity index (χ0n) is 13.0. The van der Waals surface area contributed by atoms with Crippen LogP contribution in [-0.4, -0.2) is 23.6 Å². The van der Waals surface area contributed by atoms with Crippen molar-refractivity contribution < 1.29 is 0 Å². The molecule has 1 saturated carbocycles. The van der Waals surface area contributed by atoms with E-state index in [9.17, 15) is 0 Å². The Bertz CT molecular complexity index is 436. The van der Waals surface area contributed by atoms with Crippen LogP contribution in [0.1, 0.15) is 50.4 Å². The zero-order valence-corrected chi connectivity index (χ0v) is 13.0. The normalized spacial score (nSPS) is 15.1. The van der Waals surface area contributed by atoms with Crippen molar-refractivity contribution in [3.05, 3.63) is 22.9 Å². The van der Waals surface area contributed by atoms with Gasteiger partial charge >= 0.3 is 0 Å². The summed E-state index contributed by atoms with van der Waals surface area (Å²) < 4.78 is 0. The second-order valence-electron chi connectivity index (χ2n) is 5.94. The molecule has 0 saturated heterocycles. The molecule has 1 aliphatic rings. The SMILES string of the molecule is CCN(c1nc(C)cc(C)c1CNC(C)C)C1CC1. The molecule has 0 unspecified atom stereocenters. The van der Waals surface area contributed by atoms with E-state index in [4.69, 9.17) is 4.98 Å². The van der Waals surface area contributed by atoms with E-state index in [1.54, 1.807) is 0 Å². The average Bonchev–Trinajstić information content (AvgIpc) is 3.12. The van der Waals surface area contributed by atoms with Gasteiger partial charge in [0.15, 0.2) is 0 Å². The number of aromatic nitrogens is 1. The number of hydrogen-bond acceptors (Lipinski definition) is 3. The van der Waals surface area contributed by atoms with Crippen LogP contribution in [0.4, 0.5) is 5.82 Å². The van der Waals surface area contributed by atoms with E-state index < -0.39 is 0 Å². The van der Waals surface area contributed by atoms with Gasteiger partial charge in [-0.1, -0.05) is 13.8 Å². The van der Waals surface area contributed by atoms with Crippen molar-refractivity contribution in [2.45, 2.75) is 66.1 Å². The quantitative estimate of drug-likeness (QED) is 0.852. The van der Waals surface area contributed by atoms with E-state index in [1.165, 1.54) is 29.8 Å². The first-order chi connectivity index (χ1) is 9.02. The van der Waals surface area contributed by atoms with Crippen molar-refractivity contribution in [2.24, 2.45) is 0 Å².